The van der Waals surface area contributed by atoms with Crippen LogP contribution in [0, 0.1) is 12.7 Å². The Kier molecular flexibility index (Phi) is 6.18. The average molecular weight is 420 g/mol. The zero-order valence-electron chi connectivity index (χ0n) is 17.6. The molecule has 0 aliphatic carbocycles. The van der Waals surface area contributed by atoms with Crippen molar-refractivity contribution in [3.63, 3.8) is 0 Å². The summed E-state index contributed by atoms with van der Waals surface area (Å²) in [4.78, 5) is 14.3. The topological polar surface area (TPSA) is 53.6 Å². The van der Waals surface area contributed by atoms with Crippen LogP contribution < -0.4 is 15.4 Å². The lowest BCUT2D eigenvalue weighted by Crippen LogP contribution is -2.61. The Labute approximate surface area is 181 Å². The molecular weight excluding hydrogens is 393 g/mol. The van der Waals surface area contributed by atoms with Crippen molar-refractivity contribution in [2.45, 2.75) is 25.9 Å². The molecule has 0 bridgehead atoms. The molecule has 3 aromatic carbocycles. The van der Waals surface area contributed by atoms with Crippen molar-refractivity contribution in [2.75, 3.05) is 18.4 Å². The molecule has 1 fully saturated rings. The lowest BCUT2D eigenvalue weighted by molar-refractivity contribution is 0.143. The van der Waals surface area contributed by atoms with E-state index < -0.39 is 0 Å². The Morgan fingerprint density at radius 3 is 2.52 bits per heavy atom. The van der Waals surface area contributed by atoms with E-state index in [9.17, 15) is 9.18 Å². The van der Waals surface area contributed by atoms with Crippen LogP contribution in [0.25, 0.3) is 0 Å². The van der Waals surface area contributed by atoms with Crippen LogP contribution in [0.3, 0.4) is 0 Å². The molecule has 1 heterocycles. The number of likely N-dealkylation sites (tertiary alicyclic amines) is 1. The largest absolute Gasteiger partial charge is 0.457 e. The number of ether oxygens (including phenoxy) is 1. The summed E-state index contributed by atoms with van der Waals surface area (Å²) < 4.78 is 19.1. The van der Waals surface area contributed by atoms with E-state index in [2.05, 4.69) is 17.6 Å². The maximum absolute atomic E-state index is 13.3. The molecule has 2 amide bonds. The van der Waals surface area contributed by atoms with Gasteiger partial charge >= 0.3 is 6.03 Å². The molecule has 5 nitrogen and oxygen atoms in total. The fraction of sp³-hybridized carbons (Fsp3) is 0.240. The quantitative estimate of drug-likeness (QED) is 0.555. The van der Waals surface area contributed by atoms with E-state index in [1.807, 2.05) is 61.5 Å². The highest BCUT2D eigenvalue weighted by Gasteiger charge is 2.31. The molecule has 31 heavy (non-hydrogen) atoms. The van der Waals surface area contributed by atoms with Gasteiger partial charge in [-0.2, -0.15) is 0 Å². The lowest BCUT2D eigenvalue weighted by Gasteiger charge is -2.41. The minimum absolute atomic E-state index is 0.0858. The summed E-state index contributed by atoms with van der Waals surface area (Å²) >= 11 is 0. The van der Waals surface area contributed by atoms with Gasteiger partial charge in [-0.1, -0.05) is 30.3 Å². The zero-order valence-corrected chi connectivity index (χ0v) is 17.6. The monoisotopic (exact) mass is 419 g/mol. The van der Waals surface area contributed by atoms with Crippen molar-refractivity contribution in [3.05, 3.63) is 89.7 Å². The van der Waals surface area contributed by atoms with Crippen LogP contribution in [0.4, 0.5) is 14.9 Å². The first-order chi connectivity index (χ1) is 15.0. The first-order valence-electron chi connectivity index (χ1n) is 10.4. The van der Waals surface area contributed by atoms with Gasteiger partial charge in [-0.3, -0.25) is 0 Å². The van der Waals surface area contributed by atoms with Gasteiger partial charge in [0.05, 0.1) is 0 Å². The average Bonchev–Trinajstić information content (AvgIpc) is 2.71. The summed E-state index contributed by atoms with van der Waals surface area (Å²) in [5.74, 6) is 1.18. The van der Waals surface area contributed by atoms with Crippen molar-refractivity contribution < 1.29 is 13.9 Å². The summed E-state index contributed by atoms with van der Waals surface area (Å²) in [6, 6.07) is 21.9. The van der Waals surface area contributed by atoms with Crippen molar-refractivity contribution in [3.8, 4) is 11.5 Å². The molecule has 1 aliphatic heterocycles. The molecule has 1 aliphatic rings. The van der Waals surface area contributed by atoms with Crippen molar-refractivity contribution in [1.82, 2.24) is 10.2 Å². The molecule has 2 N–H and O–H groups in total. The Morgan fingerprint density at radius 1 is 1.03 bits per heavy atom. The Morgan fingerprint density at radius 2 is 1.77 bits per heavy atom. The van der Waals surface area contributed by atoms with E-state index >= 15 is 0 Å². The van der Waals surface area contributed by atoms with E-state index in [0.717, 1.165) is 16.9 Å². The third kappa shape index (κ3) is 5.22. The van der Waals surface area contributed by atoms with E-state index in [-0.39, 0.29) is 23.9 Å². The second-order valence-corrected chi connectivity index (χ2v) is 7.86. The summed E-state index contributed by atoms with van der Waals surface area (Å²) in [5.41, 5.74) is 2.68. The number of para-hydroxylation sites is 1. The molecule has 0 radical (unpaired) electrons. The number of anilines is 1. The van der Waals surface area contributed by atoms with Crippen LogP contribution >= 0.6 is 0 Å². The van der Waals surface area contributed by atoms with Gasteiger partial charge in [0.2, 0.25) is 0 Å². The lowest BCUT2D eigenvalue weighted by atomic mass is 10.00. The predicted octanol–water partition coefficient (Wildman–Crippen LogP) is 5.49. The number of nitrogens with zero attached hydrogens (tertiary/aromatic N) is 1. The second-order valence-electron chi connectivity index (χ2n) is 7.86. The number of carbonyl (C=O) groups is 1. The van der Waals surface area contributed by atoms with Gasteiger partial charge < -0.3 is 20.3 Å². The number of carbonyl (C=O) groups excluding carboxylic acids is 1. The molecule has 160 valence electrons. The van der Waals surface area contributed by atoms with E-state index in [4.69, 9.17) is 4.74 Å². The number of benzene rings is 3. The van der Waals surface area contributed by atoms with Crippen LogP contribution in [-0.2, 0) is 0 Å². The minimum Gasteiger partial charge on any atom is -0.457 e. The second kappa shape index (κ2) is 9.18. The van der Waals surface area contributed by atoms with Crippen LogP contribution in [0.15, 0.2) is 72.8 Å². The van der Waals surface area contributed by atoms with E-state index in [0.29, 0.717) is 24.5 Å². The summed E-state index contributed by atoms with van der Waals surface area (Å²) in [6.07, 6.45) is 0. The highest BCUT2D eigenvalue weighted by molar-refractivity contribution is 5.90. The summed E-state index contributed by atoms with van der Waals surface area (Å²) in [5, 5.41) is 6.44. The van der Waals surface area contributed by atoms with Gasteiger partial charge in [-0.05, 0) is 61.4 Å². The fourth-order valence-corrected chi connectivity index (χ4v) is 3.78. The van der Waals surface area contributed by atoms with Gasteiger partial charge in [0.15, 0.2) is 0 Å². The number of hydrogen-bond acceptors (Lipinski definition) is 3. The van der Waals surface area contributed by atoms with Crippen LogP contribution in [0.5, 0.6) is 11.5 Å². The molecule has 3 aromatic rings. The molecule has 6 heteroatoms. The van der Waals surface area contributed by atoms with Gasteiger partial charge in [0.25, 0.3) is 0 Å². The third-order valence-corrected chi connectivity index (χ3v) is 5.42. The number of urea groups is 1. The molecule has 0 spiro atoms. The van der Waals surface area contributed by atoms with E-state index in [1.165, 1.54) is 6.07 Å². The Bertz CT molecular complexity index is 1050. The maximum atomic E-state index is 13.3. The molecule has 1 unspecified atom stereocenters. The van der Waals surface area contributed by atoms with Crippen molar-refractivity contribution in [1.29, 1.82) is 0 Å². The van der Waals surface area contributed by atoms with Gasteiger partial charge in [0.1, 0.15) is 17.3 Å². The number of hydrogen-bond donors (Lipinski definition) is 2. The first kappa shape index (κ1) is 20.9. The fourth-order valence-electron chi connectivity index (χ4n) is 3.78. The number of aryl methyl sites for hydroxylation is 1. The zero-order chi connectivity index (χ0) is 21.8. The van der Waals surface area contributed by atoms with Gasteiger partial charge in [-0.25, -0.2) is 9.18 Å². The van der Waals surface area contributed by atoms with E-state index in [1.54, 1.807) is 17.0 Å². The number of amides is 2. The summed E-state index contributed by atoms with van der Waals surface area (Å²) in [6.45, 7) is 5.21. The summed E-state index contributed by atoms with van der Waals surface area (Å²) in [7, 11) is 0. The standard InChI is InChI=1S/C25H26FN3O2/c1-17-13-19(26)11-12-24(17)18(2)27-21-15-29(16-21)25(30)28-20-7-6-10-23(14-20)31-22-8-4-3-5-9-22/h3-14,18,21,27H,15-16H2,1-2H3,(H,28,30). The van der Waals surface area contributed by atoms with Gasteiger partial charge in [0, 0.05) is 36.9 Å². The van der Waals surface area contributed by atoms with Gasteiger partial charge in [-0.15, -0.1) is 0 Å². The molecule has 4 rings (SSSR count). The highest BCUT2D eigenvalue weighted by Crippen LogP contribution is 2.25. The molecular formula is C25H26FN3O2. The molecule has 1 saturated heterocycles. The van der Waals surface area contributed by atoms with Crippen LogP contribution in [0.1, 0.15) is 24.1 Å². The SMILES string of the molecule is Cc1cc(F)ccc1C(C)NC1CN(C(=O)Nc2cccc(Oc3ccccc3)c2)C1. The van der Waals surface area contributed by atoms with Crippen molar-refractivity contribution >= 4 is 11.7 Å². The van der Waals surface area contributed by atoms with Crippen molar-refractivity contribution in [2.24, 2.45) is 0 Å². The molecule has 0 saturated carbocycles. The number of halogens is 1. The Balaban J connectivity index is 1.28. The normalized spacial score (nSPS) is 14.6. The van der Waals surface area contributed by atoms with Crippen LogP contribution in [-0.4, -0.2) is 30.1 Å². The predicted molar refractivity (Wildman–Crippen MR) is 120 cm³/mol. The highest BCUT2D eigenvalue weighted by atomic mass is 19.1. The number of nitrogens with one attached hydrogen (secondary N) is 2. The molecule has 0 aromatic heterocycles. The smallest absolute Gasteiger partial charge is 0.321 e. The Hall–Kier alpha value is -3.38. The maximum Gasteiger partial charge on any atom is 0.321 e. The molecule has 1 atom stereocenters. The van der Waals surface area contributed by atoms with Crippen LogP contribution in [0.2, 0.25) is 0 Å². The third-order valence-electron chi connectivity index (χ3n) is 5.42. The number of rotatable bonds is 6. The first-order valence-corrected chi connectivity index (χ1v) is 10.4. The minimum atomic E-state index is -0.224.